The monoisotopic (exact) mass is 281 g/mol. The smallest absolute Gasteiger partial charge is 0.161 e. The van der Waals surface area contributed by atoms with E-state index in [1.165, 1.54) is 0 Å². The van der Waals surface area contributed by atoms with E-state index in [1.54, 1.807) is 37.3 Å². The number of rotatable bonds is 5. The van der Waals surface area contributed by atoms with Crippen LogP contribution in [-0.2, 0) is 5.75 Å². The molecule has 0 saturated heterocycles. The minimum atomic E-state index is 0.756. The normalized spacial score (nSPS) is 10.4. The third-order valence-corrected chi connectivity index (χ3v) is 4.54. The Bertz CT molecular complexity index is 525. The third kappa shape index (κ3) is 3.17. The molecule has 0 N–H and O–H groups in total. The van der Waals surface area contributed by atoms with E-state index in [2.05, 4.69) is 10.4 Å². The van der Waals surface area contributed by atoms with E-state index >= 15 is 0 Å². The van der Waals surface area contributed by atoms with Crippen molar-refractivity contribution in [3.63, 3.8) is 0 Å². The van der Waals surface area contributed by atoms with Crippen molar-refractivity contribution in [1.82, 2.24) is 4.98 Å². The summed E-state index contributed by atoms with van der Waals surface area (Å²) in [6, 6.07) is 5.95. The average Bonchev–Trinajstić information content (AvgIpc) is 2.81. The van der Waals surface area contributed by atoms with Gasteiger partial charge in [0.1, 0.15) is 5.01 Å². The number of benzene rings is 1. The largest absolute Gasteiger partial charge is 0.493 e. The van der Waals surface area contributed by atoms with E-state index in [4.69, 9.17) is 9.47 Å². The van der Waals surface area contributed by atoms with Crippen molar-refractivity contribution in [3.05, 3.63) is 34.3 Å². The first-order valence-electron chi connectivity index (χ1n) is 5.48. The molecule has 1 aromatic heterocycles. The van der Waals surface area contributed by atoms with E-state index in [9.17, 15) is 0 Å². The van der Waals surface area contributed by atoms with Crippen LogP contribution in [0.25, 0.3) is 0 Å². The molecule has 0 aliphatic heterocycles. The number of aromatic nitrogens is 1. The summed E-state index contributed by atoms with van der Waals surface area (Å²) in [6.45, 7) is 2.01. The zero-order chi connectivity index (χ0) is 13.0. The zero-order valence-corrected chi connectivity index (χ0v) is 12.2. The van der Waals surface area contributed by atoms with Gasteiger partial charge < -0.3 is 9.47 Å². The first-order valence-corrected chi connectivity index (χ1v) is 7.35. The van der Waals surface area contributed by atoms with E-state index in [0.717, 1.165) is 32.8 Å². The maximum atomic E-state index is 5.28. The lowest BCUT2D eigenvalue weighted by Crippen LogP contribution is -1.90. The van der Waals surface area contributed by atoms with Gasteiger partial charge in [-0.05, 0) is 25.1 Å². The molecule has 5 heteroatoms. The molecular formula is C13H15NO2S2. The topological polar surface area (TPSA) is 31.4 Å². The van der Waals surface area contributed by atoms with E-state index in [1.807, 2.05) is 25.1 Å². The summed E-state index contributed by atoms with van der Waals surface area (Å²) in [5.41, 5.74) is 1.09. The minimum Gasteiger partial charge on any atom is -0.493 e. The summed E-state index contributed by atoms with van der Waals surface area (Å²) < 4.78 is 10.5. The van der Waals surface area contributed by atoms with Gasteiger partial charge in [0.05, 0.1) is 20.0 Å². The number of thioether (sulfide) groups is 1. The third-order valence-electron chi connectivity index (χ3n) is 2.38. The van der Waals surface area contributed by atoms with Crippen LogP contribution < -0.4 is 9.47 Å². The summed E-state index contributed by atoms with van der Waals surface area (Å²) in [4.78, 5) is 5.60. The molecule has 0 saturated carbocycles. The second-order valence-electron chi connectivity index (χ2n) is 3.69. The Labute approximate surface area is 115 Å². The number of aryl methyl sites for hydroxylation is 1. The molecule has 96 valence electrons. The highest BCUT2D eigenvalue weighted by Gasteiger charge is 2.06. The van der Waals surface area contributed by atoms with Crippen LogP contribution in [0.5, 0.6) is 11.5 Å². The minimum absolute atomic E-state index is 0.756. The molecule has 0 bridgehead atoms. The second-order valence-corrected chi connectivity index (χ2v) is 5.68. The van der Waals surface area contributed by atoms with Crippen LogP contribution in [0, 0.1) is 6.92 Å². The van der Waals surface area contributed by atoms with Crippen LogP contribution >= 0.6 is 23.1 Å². The van der Waals surface area contributed by atoms with Crippen molar-refractivity contribution < 1.29 is 9.47 Å². The van der Waals surface area contributed by atoms with Crippen LogP contribution in [0.4, 0.5) is 0 Å². The van der Waals surface area contributed by atoms with Gasteiger partial charge >= 0.3 is 0 Å². The predicted octanol–water partition coefficient (Wildman–Crippen LogP) is 3.76. The van der Waals surface area contributed by atoms with Gasteiger partial charge in [0.15, 0.2) is 11.5 Å². The first-order chi connectivity index (χ1) is 8.72. The van der Waals surface area contributed by atoms with E-state index < -0.39 is 0 Å². The Morgan fingerprint density at radius 1 is 1.22 bits per heavy atom. The lowest BCUT2D eigenvalue weighted by Gasteiger charge is -2.08. The van der Waals surface area contributed by atoms with E-state index in [-0.39, 0.29) is 0 Å². The fourth-order valence-electron chi connectivity index (χ4n) is 1.52. The van der Waals surface area contributed by atoms with Crippen LogP contribution in [0.3, 0.4) is 0 Å². The van der Waals surface area contributed by atoms with Gasteiger partial charge in [0.25, 0.3) is 0 Å². The van der Waals surface area contributed by atoms with Gasteiger partial charge in [-0.15, -0.1) is 23.1 Å². The van der Waals surface area contributed by atoms with Crippen molar-refractivity contribution >= 4 is 23.1 Å². The Morgan fingerprint density at radius 3 is 2.61 bits per heavy atom. The quantitative estimate of drug-likeness (QED) is 0.781. The number of ether oxygens (including phenoxy) is 2. The molecule has 0 aliphatic rings. The molecule has 0 fully saturated rings. The summed E-state index contributed by atoms with van der Waals surface area (Å²) >= 11 is 3.45. The first kappa shape index (κ1) is 13.2. The standard InChI is InChI=1S/C13H15NO2S2/c1-9-7-18-13(14-9)8-17-10-4-5-11(15-2)12(6-10)16-3/h4-7H,8H2,1-3H3. The predicted molar refractivity (Wildman–Crippen MR) is 76.0 cm³/mol. The van der Waals surface area contributed by atoms with Crippen molar-refractivity contribution in [3.8, 4) is 11.5 Å². The molecule has 2 rings (SSSR count). The fourth-order valence-corrected chi connectivity index (χ4v) is 3.23. The van der Waals surface area contributed by atoms with Gasteiger partial charge in [-0.2, -0.15) is 0 Å². The molecule has 0 radical (unpaired) electrons. The fraction of sp³-hybridized carbons (Fsp3) is 0.308. The molecule has 1 aromatic carbocycles. The summed E-state index contributed by atoms with van der Waals surface area (Å²) in [7, 11) is 3.29. The summed E-state index contributed by atoms with van der Waals surface area (Å²) in [5.74, 6) is 2.40. The molecule has 0 aliphatic carbocycles. The molecule has 0 spiro atoms. The molecule has 1 heterocycles. The Hall–Kier alpha value is -1.20. The van der Waals surface area contributed by atoms with Crippen molar-refractivity contribution in [1.29, 1.82) is 0 Å². The Kier molecular flexibility index (Phi) is 4.49. The Morgan fingerprint density at radius 2 is 2.00 bits per heavy atom. The molecule has 0 amide bonds. The van der Waals surface area contributed by atoms with Gasteiger partial charge in [-0.3, -0.25) is 0 Å². The molecule has 0 unspecified atom stereocenters. The number of hydrogen-bond acceptors (Lipinski definition) is 5. The lowest BCUT2D eigenvalue weighted by atomic mass is 10.3. The molecule has 3 nitrogen and oxygen atoms in total. The van der Waals surface area contributed by atoms with Crippen molar-refractivity contribution in [2.24, 2.45) is 0 Å². The van der Waals surface area contributed by atoms with Crippen molar-refractivity contribution in [2.75, 3.05) is 14.2 Å². The second kappa shape index (κ2) is 6.11. The Balaban J connectivity index is 2.05. The van der Waals surface area contributed by atoms with Gasteiger partial charge in [-0.25, -0.2) is 4.98 Å². The van der Waals surface area contributed by atoms with E-state index in [0.29, 0.717) is 0 Å². The number of methoxy groups -OCH3 is 2. The van der Waals surface area contributed by atoms with Crippen LogP contribution in [-0.4, -0.2) is 19.2 Å². The highest BCUT2D eigenvalue weighted by molar-refractivity contribution is 7.98. The molecule has 0 atom stereocenters. The highest BCUT2D eigenvalue weighted by Crippen LogP contribution is 2.33. The highest BCUT2D eigenvalue weighted by atomic mass is 32.2. The molecule has 18 heavy (non-hydrogen) atoms. The number of nitrogens with zero attached hydrogens (tertiary/aromatic N) is 1. The van der Waals surface area contributed by atoms with Gasteiger partial charge in [-0.1, -0.05) is 0 Å². The average molecular weight is 281 g/mol. The summed E-state index contributed by atoms with van der Waals surface area (Å²) in [5, 5.41) is 3.22. The molecular weight excluding hydrogens is 266 g/mol. The van der Waals surface area contributed by atoms with Crippen LogP contribution in [0.2, 0.25) is 0 Å². The number of thiazole rings is 1. The maximum Gasteiger partial charge on any atom is 0.161 e. The maximum absolute atomic E-state index is 5.28. The zero-order valence-electron chi connectivity index (χ0n) is 10.6. The van der Waals surface area contributed by atoms with Gasteiger partial charge in [0, 0.05) is 16.0 Å². The van der Waals surface area contributed by atoms with Crippen LogP contribution in [0.1, 0.15) is 10.7 Å². The summed E-state index contributed by atoms with van der Waals surface area (Å²) in [6.07, 6.45) is 0. The van der Waals surface area contributed by atoms with Gasteiger partial charge in [0.2, 0.25) is 0 Å². The molecule has 2 aromatic rings. The lowest BCUT2D eigenvalue weighted by molar-refractivity contribution is 0.354. The van der Waals surface area contributed by atoms with Crippen LogP contribution in [0.15, 0.2) is 28.5 Å². The number of hydrogen-bond donors (Lipinski definition) is 0. The van der Waals surface area contributed by atoms with Crippen molar-refractivity contribution in [2.45, 2.75) is 17.6 Å². The SMILES string of the molecule is COc1ccc(SCc2nc(C)cs2)cc1OC.